The fourth-order valence-corrected chi connectivity index (χ4v) is 5.03. The Morgan fingerprint density at radius 3 is 2.69 bits per heavy atom. The minimum absolute atomic E-state index is 0.0674. The Kier molecular flexibility index (Phi) is 4.47. The molecule has 29 heavy (non-hydrogen) atoms. The van der Waals surface area contributed by atoms with Crippen molar-refractivity contribution in [2.45, 2.75) is 44.6 Å². The highest BCUT2D eigenvalue weighted by Crippen LogP contribution is 2.46. The van der Waals surface area contributed by atoms with Crippen LogP contribution >= 0.6 is 0 Å². The van der Waals surface area contributed by atoms with E-state index in [9.17, 15) is 14.7 Å². The molecule has 1 aliphatic heterocycles. The number of carbonyl (C=O) groups excluding carboxylic acids is 2. The van der Waals surface area contributed by atoms with Gasteiger partial charge in [-0.2, -0.15) is 0 Å². The second kappa shape index (κ2) is 7.16. The van der Waals surface area contributed by atoms with Gasteiger partial charge >= 0.3 is 0 Å². The molecule has 0 radical (unpaired) electrons. The minimum Gasteiger partial charge on any atom is -0.388 e. The zero-order chi connectivity index (χ0) is 20.0. The summed E-state index contributed by atoms with van der Waals surface area (Å²) in [6.07, 6.45) is 6.00. The normalized spacial score (nSPS) is 16.8. The van der Waals surface area contributed by atoms with Gasteiger partial charge in [-0.1, -0.05) is 49.6 Å². The highest BCUT2D eigenvalue weighted by Gasteiger charge is 2.30. The van der Waals surface area contributed by atoms with Crippen molar-refractivity contribution in [3.05, 3.63) is 53.6 Å². The van der Waals surface area contributed by atoms with Crippen LogP contribution in [-0.4, -0.2) is 28.0 Å². The van der Waals surface area contributed by atoms with E-state index in [0.717, 1.165) is 40.7 Å². The predicted octanol–water partition coefficient (Wildman–Crippen LogP) is 4.48. The minimum atomic E-state index is -0.516. The van der Waals surface area contributed by atoms with Crippen LogP contribution in [0.5, 0.6) is 0 Å². The number of amides is 1. The summed E-state index contributed by atoms with van der Waals surface area (Å²) in [6, 6.07) is 13.6. The molecule has 1 aliphatic carbocycles. The first-order chi connectivity index (χ1) is 14.2. The molecule has 0 spiro atoms. The van der Waals surface area contributed by atoms with Crippen molar-refractivity contribution >= 4 is 28.3 Å². The maximum atomic E-state index is 12.7. The molecule has 0 unspecified atom stereocenters. The van der Waals surface area contributed by atoms with Gasteiger partial charge in [-0.3, -0.25) is 9.59 Å². The van der Waals surface area contributed by atoms with E-state index in [4.69, 9.17) is 0 Å². The lowest BCUT2D eigenvalue weighted by Gasteiger charge is -2.23. The zero-order valence-electron chi connectivity index (χ0n) is 16.3. The molecule has 2 aromatic carbocycles. The largest absolute Gasteiger partial charge is 0.388 e. The first kappa shape index (κ1) is 18.1. The second-order valence-electron chi connectivity index (χ2n) is 8.09. The Morgan fingerprint density at radius 2 is 1.90 bits per heavy atom. The van der Waals surface area contributed by atoms with Crippen molar-refractivity contribution in [1.29, 1.82) is 0 Å². The molecule has 1 fully saturated rings. The first-order valence-electron chi connectivity index (χ1n) is 10.4. The van der Waals surface area contributed by atoms with Gasteiger partial charge in [0.25, 0.3) is 0 Å². The molecule has 2 heterocycles. The molecule has 5 rings (SSSR count). The number of carbonyl (C=O) groups is 2. The number of rotatable bonds is 3. The summed E-state index contributed by atoms with van der Waals surface area (Å²) in [5, 5.41) is 13.5. The third-order valence-corrected chi connectivity index (χ3v) is 6.34. The Labute approximate surface area is 169 Å². The summed E-state index contributed by atoms with van der Waals surface area (Å²) in [5.74, 6) is 0.0745. The molecule has 0 bridgehead atoms. The molecule has 3 aromatic rings. The molecule has 0 atom stereocenters. The summed E-state index contributed by atoms with van der Waals surface area (Å²) in [5.41, 5.74) is 5.63. The average Bonchev–Trinajstić information content (AvgIpc) is 2.98. The number of Topliss-reactive ketones (excluding diaryl/α,β-unsaturated/α-hetero) is 1. The van der Waals surface area contributed by atoms with Crippen LogP contribution < -0.4 is 5.32 Å². The fourth-order valence-electron chi connectivity index (χ4n) is 5.03. The third kappa shape index (κ3) is 2.97. The number of aliphatic hydroxyl groups is 1. The lowest BCUT2D eigenvalue weighted by atomic mass is 9.81. The molecule has 1 aromatic heterocycles. The Balaban J connectivity index is 1.84. The monoisotopic (exact) mass is 388 g/mol. The van der Waals surface area contributed by atoms with Crippen molar-refractivity contribution < 1.29 is 14.7 Å². The summed E-state index contributed by atoms with van der Waals surface area (Å²) in [4.78, 5) is 24.8. The molecular formula is C24H24N2O3. The maximum absolute atomic E-state index is 12.7. The van der Waals surface area contributed by atoms with Gasteiger partial charge in [-0.15, -0.1) is 0 Å². The van der Waals surface area contributed by atoms with Gasteiger partial charge in [0.15, 0.2) is 5.78 Å². The molecular weight excluding hydrogens is 364 g/mol. The summed E-state index contributed by atoms with van der Waals surface area (Å²) < 4.78 is 2.06. The van der Waals surface area contributed by atoms with Gasteiger partial charge in [-0.05, 0) is 36.5 Å². The number of anilines is 1. The quantitative estimate of drug-likeness (QED) is 0.650. The van der Waals surface area contributed by atoms with Gasteiger partial charge in [0, 0.05) is 22.0 Å². The van der Waals surface area contributed by atoms with Crippen LogP contribution in [0.1, 0.15) is 53.9 Å². The number of fused-ring (bicyclic) bond motifs is 5. The predicted molar refractivity (Wildman–Crippen MR) is 113 cm³/mol. The smallest absolute Gasteiger partial charge is 0.244 e. The van der Waals surface area contributed by atoms with E-state index in [0.29, 0.717) is 11.5 Å². The van der Waals surface area contributed by atoms with Gasteiger partial charge in [0.1, 0.15) is 13.2 Å². The van der Waals surface area contributed by atoms with Gasteiger partial charge in [0.05, 0.1) is 11.4 Å². The van der Waals surface area contributed by atoms with Crippen LogP contribution in [0, 0.1) is 0 Å². The van der Waals surface area contributed by atoms with E-state index in [1.165, 1.54) is 24.8 Å². The van der Waals surface area contributed by atoms with Crippen LogP contribution in [-0.2, 0) is 11.3 Å². The molecule has 0 saturated heterocycles. The van der Waals surface area contributed by atoms with E-state index >= 15 is 0 Å². The molecule has 5 nitrogen and oxygen atoms in total. The SMILES string of the molecule is O=C1Cn2c(c(C3CCCCC3)c3ccc(C(=O)CO)cc32)-c2ccccc2N1. The summed E-state index contributed by atoms with van der Waals surface area (Å²) >= 11 is 0. The van der Waals surface area contributed by atoms with Crippen LogP contribution in [0.2, 0.25) is 0 Å². The fraction of sp³-hybridized carbons (Fsp3) is 0.333. The summed E-state index contributed by atoms with van der Waals surface area (Å²) in [6.45, 7) is -0.304. The molecule has 5 heteroatoms. The maximum Gasteiger partial charge on any atom is 0.244 e. The highest BCUT2D eigenvalue weighted by molar-refractivity contribution is 6.05. The number of para-hydroxylation sites is 1. The number of aliphatic hydroxyl groups excluding tert-OH is 1. The number of nitrogens with one attached hydrogen (secondary N) is 1. The number of nitrogens with zero attached hydrogens (tertiary/aromatic N) is 1. The Morgan fingerprint density at radius 1 is 1.10 bits per heavy atom. The zero-order valence-corrected chi connectivity index (χ0v) is 16.3. The topological polar surface area (TPSA) is 71.3 Å². The van der Waals surface area contributed by atoms with Crippen LogP contribution in [0.3, 0.4) is 0 Å². The van der Waals surface area contributed by atoms with Crippen LogP contribution in [0.15, 0.2) is 42.5 Å². The lowest BCUT2D eigenvalue weighted by molar-refractivity contribution is -0.116. The number of benzene rings is 2. The molecule has 148 valence electrons. The third-order valence-electron chi connectivity index (χ3n) is 6.34. The van der Waals surface area contributed by atoms with Crippen molar-refractivity contribution in [2.24, 2.45) is 0 Å². The molecule has 1 amide bonds. The Bertz CT molecular complexity index is 1120. The highest BCUT2D eigenvalue weighted by atomic mass is 16.3. The van der Waals surface area contributed by atoms with Gasteiger partial charge in [-0.25, -0.2) is 0 Å². The second-order valence-corrected chi connectivity index (χ2v) is 8.09. The number of aromatic nitrogens is 1. The van der Waals surface area contributed by atoms with Gasteiger partial charge in [0.2, 0.25) is 5.91 Å². The number of hydrogen-bond donors (Lipinski definition) is 2. The summed E-state index contributed by atoms with van der Waals surface area (Å²) in [7, 11) is 0. The first-order valence-corrected chi connectivity index (χ1v) is 10.4. The molecule has 2 N–H and O–H groups in total. The lowest BCUT2D eigenvalue weighted by Crippen LogP contribution is -2.16. The molecule has 2 aliphatic rings. The Hall–Kier alpha value is -2.92. The van der Waals surface area contributed by atoms with E-state index < -0.39 is 6.61 Å². The molecule has 1 saturated carbocycles. The van der Waals surface area contributed by atoms with Crippen molar-refractivity contribution in [3.63, 3.8) is 0 Å². The van der Waals surface area contributed by atoms with Crippen molar-refractivity contribution in [3.8, 4) is 11.3 Å². The van der Waals surface area contributed by atoms with Crippen LogP contribution in [0.25, 0.3) is 22.2 Å². The number of ketones is 1. The number of hydrogen-bond acceptors (Lipinski definition) is 3. The van der Waals surface area contributed by atoms with E-state index in [1.807, 2.05) is 30.3 Å². The van der Waals surface area contributed by atoms with Gasteiger partial charge < -0.3 is 15.0 Å². The average molecular weight is 388 g/mol. The van der Waals surface area contributed by atoms with E-state index in [-0.39, 0.29) is 18.2 Å². The van der Waals surface area contributed by atoms with E-state index in [1.54, 1.807) is 6.07 Å². The standard InChI is InChI=1S/C24H24N2O3/c27-14-21(28)16-10-11-18-20(12-16)26-13-22(29)25-19-9-5-4-8-17(19)24(26)23(18)15-6-2-1-3-7-15/h4-5,8-12,15,27H,1-3,6-7,13-14H2,(H,25,29). The van der Waals surface area contributed by atoms with Crippen molar-refractivity contribution in [2.75, 3.05) is 11.9 Å². The van der Waals surface area contributed by atoms with Crippen molar-refractivity contribution in [1.82, 2.24) is 4.57 Å². The van der Waals surface area contributed by atoms with E-state index in [2.05, 4.69) is 16.0 Å². The van der Waals surface area contributed by atoms with Crippen LogP contribution in [0.4, 0.5) is 5.69 Å².